The summed E-state index contributed by atoms with van der Waals surface area (Å²) in [6, 6.07) is 14.6. The number of rotatable bonds is 6. The molecule has 1 aliphatic rings. The lowest BCUT2D eigenvalue weighted by molar-refractivity contribution is -0.138. The molecule has 0 radical (unpaired) electrons. The summed E-state index contributed by atoms with van der Waals surface area (Å²) in [5.74, 6) is -0.949. The first-order chi connectivity index (χ1) is 13.4. The molecule has 28 heavy (non-hydrogen) atoms. The molecule has 2 aromatic carbocycles. The highest BCUT2D eigenvalue weighted by atomic mass is 19.1. The van der Waals surface area contributed by atoms with Gasteiger partial charge in [0.25, 0.3) is 5.91 Å². The average Bonchev–Trinajstić information content (AvgIpc) is 3.18. The monoisotopic (exact) mass is 383 g/mol. The van der Waals surface area contributed by atoms with E-state index in [4.69, 9.17) is 4.84 Å². The summed E-state index contributed by atoms with van der Waals surface area (Å²) in [5, 5.41) is 6.73. The molecule has 0 bridgehead atoms. The van der Waals surface area contributed by atoms with E-state index < -0.39 is 18.1 Å². The molecule has 2 amide bonds. The van der Waals surface area contributed by atoms with Crippen molar-refractivity contribution in [2.45, 2.75) is 25.0 Å². The molecule has 0 aromatic heterocycles. The van der Waals surface area contributed by atoms with Crippen LogP contribution in [-0.2, 0) is 20.8 Å². The standard InChI is InChI=1S/C21H22FN3O3/c1-25(2)21(27)18(12-14-6-4-3-5-7-14)23-20(26)19-13-17(24-28-19)15-8-10-16(22)11-9-15/h3-11,18-19H,12-13H2,1-2H3,(H,23,26). The Hall–Kier alpha value is -3.22. The largest absolute Gasteiger partial charge is 0.382 e. The third-order valence-electron chi connectivity index (χ3n) is 4.48. The number of nitrogens with zero attached hydrogens (tertiary/aromatic N) is 2. The Bertz CT molecular complexity index is 866. The van der Waals surface area contributed by atoms with E-state index in [-0.39, 0.29) is 18.1 Å². The van der Waals surface area contributed by atoms with Crippen molar-refractivity contribution in [1.82, 2.24) is 10.2 Å². The highest BCUT2D eigenvalue weighted by Crippen LogP contribution is 2.18. The van der Waals surface area contributed by atoms with Gasteiger partial charge < -0.3 is 15.1 Å². The number of hydrogen-bond acceptors (Lipinski definition) is 4. The Morgan fingerprint density at radius 2 is 1.86 bits per heavy atom. The van der Waals surface area contributed by atoms with Gasteiger partial charge >= 0.3 is 0 Å². The number of carbonyl (C=O) groups excluding carboxylic acids is 2. The molecular formula is C21H22FN3O3. The van der Waals surface area contributed by atoms with Crippen LogP contribution in [-0.4, -0.2) is 48.7 Å². The van der Waals surface area contributed by atoms with Crippen LogP contribution in [0.25, 0.3) is 0 Å². The molecule has 0 fully saturated rings. The zero-order valence-electron chi connectivity index (χ0n) is 15.8. The van der Waals surface area contributed by atoms with Gasteiger partial charge in [0.1, 0.15) is 11.9 Å². The zero-order valence-corrected chi connectivity index (χ0v) is 15.8. The third-order valence-corrected chi connectivity index (χ3v) is 4.48. The van der Waals surface area contributed by atoms with Crippen molar-refractivity contribution in [3.63, 3.8) is 0 Å². The zero-order chi connectivity index (χ0) is 20.1. The maximum Gasteiger partial charge on any atom is 0.265 e. The minimum absolute atomic E-state index is 0.199. The molecular weight excluding hydrogens is 361 g/mol. The summed E-state index contributed by atoms with van der Waals surface area (Å²) in [4.78, 5) is 31.9. The summed E-state index contributed by atoms with van der Waals surface area (Å²) >= 11 is 0. The van der Waals surface area contributed by atoms with Gasteiger partial charge in [-0.25, -0.2) is 4.39 Å². The molecule has 2 unspecified atom stereocenters. The smallest absolute Gasteiger partial charge is 0.265 e. The van der Waals surface area contributed by atoms with Crippen LogP contribution in [0.5, 0.6) is 0 Å². The molecule has 3 rings (SSSR count). The number of benzene rings is 2. The van der Waals surface area contributed by atoms with E-state index >= 15 is 0 Å². The number of oxime groups is 1. The predicted molar refractivity (Wildman–Crippen MR) is 103 cm³/mol. The van der Waals surface area contributed by atoms with Crippen LogP contribution in [0.3, 0.4) is 0 Å². The van der Waals surface area contributed by atoms with Gasteiger partial charge in [0, 0.05) is 26.9 Å². The molecule has 7 heteroatoms. The number of amides is 2. The number of carbonyl (C=O) groups is 2. The molecule has 1 heterocycles. The quantitative estimate of drug-likeness (QED) is 0.831. The fourth-order valence-electron chi connectivity index (χ4n) is 2.96. The molecule has 0 saturated heterocycles. The van der Waals surface area contributed by atoms with Crippen molar-refractivity contribution >= 4 is 17.5 Å². The highest BCUT2D eigenvalue weighted by Gasteiger charge is 2.32. The van der Waals surface area contributed by atoms with Gasteiger partial charge in [0.2, 0.25) is 12.0 Å². The van der Waals surface area contributed by atoms with E-state index in [1.54, 1.807) is 26.2 Å². The summed E-state index contributed by atoms with van der Waals surface area (Å²) in [7, 11) is 3.29. The summed E-state index contributed by atoms with van der Waals surface area (Å²) in [6.07, 6.45) is -0.193. The average molecular weight is 383 g/mol. The minimum Gasteiger partial charge on any atom is -0.382 e. The molecule has 146 valence electrons. The van der Waals surface area contributed by atoms with Gasteiger partial charge in [-0.3, -0.25) is 9.59 Å². The molecule has 0 spiro atoms. The van der Waals surface area contributed by atoms with Crippen LogP contribution < -0.4 is 5.32 Å². The number of nitrogens with one attached hydrogen (secondary N) is 1. The van der Waals surface area contributed by atoms with Crippen molar-refractivity contribution in [1.29, 1.82) is 0 Å². The summed E-state index contributed by atoms with van der Waals surface area (Å²) in [5.41, 5.74) is 2.21. The fourth-order valence-corrected chi connectivity index (χ4v) is 2.96. The Labute approximate surface area is 163 Å². The summed E-state index contributed by atoms with van der Waals surface area (Å²) < 4.78 is 13.1. The number of hydrogen-bond donors (Lipinski definition) is 1. The van der Waals surface area contributed by atoms with Gasteiger partial charge in [0.05, 0.1) is 5.71 Å². The lowest BCUT2D eigenvalue weighted by Gasteiger charge is -2.23. The molecule has 0 saturated carbocycles. The Morgan fingerprint density at radius 1 is 1.18 bits per heavy atom. The van der Waals surface area contributed by atoms with Gasteiger partial charge in [-0.15, -0.1) is 0 Å². The molecule has 2 atom stereocenters. The maximum absolute atomic E-state index is 13.1. The van der Waals surface area contributed by atoms with E-state index in [2.05, 4.69) is 10.5 Å². The maximum atomic E-state index is 13.1. The normalized spacial score (nSPS) is 16.7. The van der Waals surface area contributed by atoms with Gasteiger partial charge in [0.15, 0.2) is 0 Å². The van der Waals surface area contributed by atoms with Crippen LogP contribution in [0.2, 0.25) is 0 Å². The van der Waals surface area contributed by atoms with Gasteiger partial charge in [-0.2, -0.15) is 0 Å². The molecule has 2 aromatic rings. The van der Waals surface area contributed by atoms with E-state index in [1.165, 1.54) is 17.0 Å². The minimum atomic E-state index is -0.826. The second kappa shape index (κ2) is 8.65. The van der Waals surface area contributed by atoms with Crippen molar-refractivity contribution in [3.8, 4) is 0 Å². The van der Waals surface area contributed by atoms with Crippen LogP contribution >= 0.6 is 0 Å². The molecule has 1 N–H and O–H groups in total. The van der Waals surface area contributed by atoms with Crippen LogP contribution in [0.4, 0.5) is 4.39 Å². The highest BCUT2D eigenvalue weighted by molar-refractivity contribution is 6.04. The van der Waals surface area contributed by atoms with E-state index in [9.17, 15) is 14.0 Å². The first-order valence-corrected chi connectivity index (χ1v) is 8.98. The first kappa shape index (κ1) is 19.5. The topological polar surface area (TPSA) is 71.0 Å². The van der Waals surface area contributed by atoms with Crippen molar-refractivity contribution in [3.05, 3.63) is 71.5 Å². The molecule has 0 aliphatic carbocycles. The third kappa shape index (κ3) is 4.73. The Morgan fingerprint density at radius 3 is 2.50 bits per heavy atom. The number of halogens is 1. The van der Waals surface area contributed by atoms with Crippen molar-refractivity contribution in [2.24, 2.45) is 5.16 Å². The van der Waals surface area contributed by atoms with E-state index in [0.29, 0.717) is 17.7 Å². The molecule has 1 aliphatic heterocycles. The second-order valence-electron chi connectivity index (χ2n) is 6.83. The van der Waals surface area contributed by atoms with E-state index in [0.717, 1.165) is 5.56 Å². The lowest BCUT2D eigenvalue weighted by Crippen LogP contribution is -2.50. The Kier molecular flexibility index (Phi) is 6.03. The predicted octanol–water partition coefficient (Wildman–Crippen LogP) is 2.13. The van der Waals surface area contributed by atoms with E-state index in [1.807, 2.05) is 30.3 Å². The lowest BCUT2D eigenvalue weighted by atomic mass is 10.0. The van der Waals surface area contributed by atoms with Crippen LogP contribution in [0.15, 0.2) is 59.8 Å². The van der Waals surface area contributed by atoms with Crippen LogP contribution in [0.1, 0.15) is 17.5 Å². The Balaban J connectivity index is 1.65. The number of likely N-dealkylation sites (N-methyl/N-ethyl adjacent to an activating group) is 1. The molecule has 6 nitrogen and oxygen atoms in total. The SMILES string of the molecule is CN(C)C(=O)C(Cc1ccccc1)NC(=O)C1CC(c2ccc(F)cc2)=NO1. The van der Waals surface area contributed by atoms with Gasteiger partial charge in [-0.05, 0) is 23.3 Å². The second-order valence-corrected chi connectivity index (χ2v) is 6.83. The first-order valence-electron chi connectivity index (χ1n) is 8.98. The van der Waals surface area contributed by atoms with Crippen LogP contribution in [0, 0.1) is 5.82 Å². The van der Waals surface area contributed by atoms with Crippen molar-refractivity contribution < 1.29 is 18.8 Å². The fraction of sp³-hybridized carbons (Fsp3) is 0.286. The summed E-state index contributed by atoms with van der Waals surface area (Å²) in [6.45, 7) is 0. The van der Waals surface area contributed by atoms with Gasteiger partial charge in [-0.1, -0.05) is 47.6 Å². The van der Waals surface area contributed by atoms with Crippen molar-refractivity contribution in [2.75, 3.05) is 14.1 Å².